The maximum Gasteiger partial charge on any atom is 0.251 e. The molecule has 0 saturated heterocycles. The fourth-order valence-corrected chi connectivity index (χ4v) is 4.02. The summed E-state index contributed by atoms with van der Waals surface area (Å²) < 4.78 is 2.22. The Bertz CT molecular complexity index is 1200. The minimum atomic E-state index is -0.0868. The summed E-state index contributed by atoms with van der Waals surface area (Å²) in [6.07, 6.45) is 0. The predicted octanol–water partition coefficient (Wildman–Crippen LogP) is 5.25. The fourth-order valence-electron chi connectivity index (χ4n) is 4.02. The summed E-state index contributed by atoms with van der Waals surface area (Å²) in [6, 6.07) is 20.2. The number of hydrogen-bond acceptors (Lipinski definition) is 2. The second-order valence-electron chi connectivity index (χ2n) is 8.03. The van der Waals surface area contributed by atoms with Gasteiger partial charge in [-0.1, -0.05) is 47.5 Å². The first-order chi connectivity index (χ1) is 14.4. The van der Waals surface area contributed by atoms with Gasteiger partial charge in [-0.2, -0.15) is 0 Å². The van der Waals surface area contributed by atoms with Crippen molar-refractivity contribution in [3.8, 4) is 0 Å². The third-order valence-corrected chi connectivity index (χ3v) is 5.61. The molecule has 1 aromatic heterocycles. The van der Waals surface area contributed by atoms with Crippen LogP contribution in [0.1, 0.15) is 44.0 Å². The zero-order valence-corrected chi connectivity index (χ0v) is 18.0. The van der Waals surface area contributed by atoms with E-state index in [1.807, 2.05) is 49.4 Å². The third-order valence-electron chi connectivity index (χ3n) is 5.61. The van der Waals surface area contributed by atoms with Crippen LogP contribution >= 0.6 is 0 Å². The summed E-state index contributed by atoms with van der Waals surface area (Å²) in [5.74, 6) is 0.771. The van der Waals surface area contributed by atoms with E-state index >= 15 is 0 Å². The molecule has 0 unspecified atom stereocenters. The molecule has 0 aliphatic rings. The van der Waals surface area contributed by atoms with Crippen molar-refractivity contribution in [3.05, 3.63) is 99.9 Å². The largest absolute Gasteiger partial charge is 0.345 e. The molecule has 4 aromatic rings. The lowest BCUT2D eigenvalue weighted by Crippen LogP contribution is -2.25. The van der Waals surface area contributed by atoms with Crippen molar-refractivity contribution in [1.82, 2.24) is 14.9 Å². The Morgan fingerprint density at radius 1 is 0.900 bits per heavy atom. The van der Waals surface area contributed by atoms with Gasteiger partial charge in [0.25, 0.3) is 5.91 Å². The lowest BCUT2D eigenvalue weighted by Gasteiger charge is -2.15. The number of aryl methyl sites for hydroxylation is 4. The second-order valence-corrected chi connectivity index (χ2v) is 8.03. The molecule has 4 nitrogen and oxygen atoms in total. The average molecular weight is 398 g/mol. The van der Waals surface area contributed by atoms with Crippen LogP contribution in [-0.4, -0.2) is 15.5 Å². The van der Waals surface area contributed by atoms with Gasteiger partial charge < -0.3 is 9.88 Å². The van der Waals surface area contributed by atoms with E-state index in [-0.39, 0.29) is 5.91 Å². The van der Waals surface area contributed by atoms with Crippen LogP contribution in [0.3, 0.4) is 0 Å². The van der Waals surface area contributed by atoms with Crippen molar-refractivity contribution in [3.63, 3.8) is 0 Å². The molecule has 0 fully saturated rings. The number of hydrogen-bond donors (Lipinski definition) is 1. The Labute approximate surface area is 177 Å². The number of fused-ring (bicyclic) bond motifs is 1. The molecule has 1 amide bonds. The van der Waals surface area contributed by atoms with Gasteiger partial charge in [0, 0.05) is 12.1 Å². The molecule has 4 rings (SSSR count). The number of carbonyl (C=O) groups excluding carboxylic acids is 1. The molecule has 0 aliphatic heterocycles. The lowest BCUT2D eigenvalue weighted by molar-refractivity contribution is 0.0949. The number of benzene rings is 3. The van der Waals surface area contributed by atoms with Crippen LogP contribution in [0.4, 0.5) is 0 Å². The van der Waals surface area contributed by atoms with Crippen molar-refractivity contribution in [2.75, 3.05) is 0 Å². The first kappa shape index (κ1) is 19.9. The van der Waals surface area contributed by atoms with Gasteiger partial charge in [-0.05, 0) is 68.7 Å². The molecule has 0 radical (unpaired) electrons. The van der Waals surface area contributed by atoms with Gasteiger partial charge in [0.05, 0.1) is 17.6 Å². The Hall–Kier alpha value is -3.40. The molecule has 1 heterocycles. The zero-order chi connectivity index (χ0) is 21.3. The summed E-state index contributed by atoms with van der Waals surface area (Å²) in [5.41, 5.74) is 8.95. The minimum Gasteiger partial charge on any atom is -0.345 e. The smallest absolute Gasteiger partial charge is 0.251 e. The molecule has 0 spiro atoms. The Morgan fingerprint density at radius 3 is 2.27 bits per heavy atom. The molecule has 4 heteroatoms. The maximum absolute atomic E-state index is 12.6. The third kappa shape index (κ3) is 3.99. The number of para-hydroxylation sites is 2. The van der Waals surface area contributed by atoms with E-state index in [9.17, 15) is 4.79 Å². The van der Waals surface area contributed by atoms with Gasteiger partial charge >= 0.3 is 0 Å². The zero-order valence-electron chi connectivity index (χ0n) is 18.0. The molecule has 3 aromatic carbocycles. The quantitative estimate of drug-likeness (QED) is 0.500. The van der Waals surface area contributed by atoms with Gasteiger partial charge in [0.2, 0.25) is 0 Å². The van der Waals surface area contributed by atoms with Crippen LogP contribution in [0.5, 0.6) is 0 Å². The van der Waals surface area contributed by atoms with Crippen molar-refractivity contribution >= 4 is 16.9 Å². The van der Waals surface area contributed by atoms with Crippen molar-refractivity contribution in [2.24, 2.45) is 0 Å². The Balaban J connectivity index is 1.65. The van der Waals surface area contributed by atoms with Crippen molar-refractivity contribution < 1.29 is 4.79 Å². The highest BCUT2D eigenvalue weighted by Gasteiger charge is 2.15. The van der Waals surface area contributed by atoms with Gasteiger partial charge in [-0.25, -0.2) is 4.98 Å². The fraction of sp³-hybridized carbons (Fsp3) is 0.231. The van der Waals surface area contributed by atoms with Crippen LogP contribution < -0.4 is 5.32 Å². The van der Waals surface area contributed by atoms with E-state index in [2.05, 4.69) is 48.9 Å². The van der Waals surface area contributed by atoms with E-state index in [1.165, 1.54) is 22.3 Å². The Kier molecular flexibility index (Phi) is 5.40. The number of amides is 1. The number of imidazole rings is 1. The molecular weight excluding hydrogens is 370 g/mol. The summed E-state index contributed by atoms with van der Waals surface area (Å²) in [4.78, 5) is 17.4. The molecule has 0 bridgehead atoms. The highest BCUT2D eigenvalue weighted by Crippen LogP contribution is 2.22. The normalized spacial score (nSPS) is 11.1. The summed E-state index contributed by atoms with van der Waals surface area (Å²) >= 11 is 0. The Morgan fingerprint density at radius 2 is 1.57 bits per heavy atom. The van der Waals surface area contributed by atoms with E-state index in [0.29, 0.717) is 12.1 Å². The second kappa shape index (κ2) is 8.15. The van der Waals surface area contributed by atoms with Crippen LogP contribution in [0.2, 0.25) is 0 Å². The summed E-state index contributed by atoms with van der Waals surface area (Å²) in [5, 5.41) is 3.04. The molecule has 152 valence electrons. The van der Waals surface area contributed by atoms with E-state index in [0.717, 1.165) is 29.0 Å². The number of nitrogens with zero attached hydrogens (tertiary/aromatic N) is 2. The monoisotopic (exact) mass is 397 g/mol. The topological polar surface area (TPSA) is 46.9 Å². The molecule has 30 heavy (non-hydrogen) atoms. The number of rotatable bonds is 5. The number of aromatic nitrogens is 2. The molecule has 1 N–H and O–H groups in total. The average Bonchev–Trinajstić information content (AvgIpc) is 3.06. The summed E-state index contributed by atoms with van der Waals surface area (Å²) in [7, 11) is 0. The van der Waals surface area contributed by atoms with E-state index < -0.39 is 0 Å². The highest BCUT2D eigenvalue weighted by molar-refractivity contribution is 5.94. The van der Waals surface area contributed by atoms with E-state index in [1.54, 1.807) is 0 Å². The molecule has 0 atom stereocenters. The van der Waals surface area contributed by atoms with Crippen LogP contribution in [-0.2, 0) is 13.1 Å². The predicted molar refractivity (Wildman–Crippen MR) is 122 cm³/mol. The van der Waals surface area contributed by atoms with Crippen LogP contribution in [0.15, 0.2) is 60.7 Å². The molecular formula is C26H27N3O. The standard InChI is InChI=1S/C26H27N3O/c1-17-9-11-21(12-10-17)26(30)27-15-25-28-23-7-5-6-8-24(23)29(25)16-22-19(3)13-18(2)14-20(22)4/h5-14H,15-16H2,1-4H3,(H,27,30). The first-order valence-corrected chi connectivity index (χ1v) is 10.3. The SMILES string of the molecule is Cc1ccc(C(=O)NCc2nc3ccccc3n2Cc2c(C)cc(C)cc2C)cc1. The van der Waals surface area contributed by atoms with Gasteiger partial charge in [0.1, 0.15) is 5.82 Å². The van der Waals surface area contributed by atoms with Crippen LogP contribution in [0.25, 0.3) is 11.0 Å². The first-order valence-electron chi connectivity index (χ1n) is 10.3. The molecule has 0 saturated carbocycles. The number of nitrogens with one attached hydrogen (secondary N) is 1. The highest BCUT2D eigenvalue weighted by atomic mass is 16.1. The minimum absolute atomic E-state index is 0.0868. The maximum atomic E-state index is 12.6. The van der Waals surface area contributed by atoms with Gasteiger partial charge in [0.15, 0.2) is 0 Å². The van der Waals surface area contributed by atoms with Crippen molar-refractivity contribution in [2.45, 2.75) is 40.8 Å². The lowest BCUT2D eigenvalue weighted by atomic mass is 9.99. The molecule has 0 aliphatic carbocycles. The van der Waals surface area contributed by atoms with Gasteiger partial charge in [-0.3, -0.25) is 4.79 Å². The van der Waals surface area contributed by atoms with Crippen LogP contribution in [0, 0.1) is 27.7 Å². The number of carbonyl (C=O) groups is 1. The van der Waals surface area contributed by atoms with Gasteiger partial charge in [-0.15, -0.1) is 0 Å². The summed E-state index contributed by atoms with van der Waals surface area (Å²) in [6.45, 7) is 9.57. The van der Waals surface area contributed by atoms with E-state index in [4.69, 9.17) is 4.98 Å². The van der Waals surface area contributed by atoms with Crippen molar-refractivity contribution in [1.29, 1.82) is 0 Å².